The van der Waals surface area contributed by atoms with Crippen molar-refractivity contribution < 1.29 is 9.47 Å². The fourth-order valence-electron chi connectivity index (χ4n) is 3.22. The molecular weight excluding hydrogens is 284 g/mol. The molecule has 0 bridgehead atoms. The van der Waals surface area contributed by atoms with Crippen LogP contribution < -0.4 is 0 Å². The van der Waals surface area contributed by atoms with E-state index < -0.39 is 0 Å². The minimum Gasteiger partial charge on any atom is -0.348 e. The van der Waals surface area contributed by atoms with Gasteiger partial charge in [0.05, 0.1) is 12.2 Å². The summed E-state index contributed by atoms with van der Waals surface area (Å²) in [6.45, 7) is 14.9. The Balaban J connectivity index is 2.10. The van der Waals surface area contributed by atoms with E-state index in [1.54, 1.807) is 0 Å². The number of ether oxygens (including phenoxy) is 2. The van der Waals surface area contributed by atoms with Gasteiger partial charge in [0.15, 0.2) is 6.29 Å². The largest absolute Gasteiger partial charge is 0.348 e. The summed E-state index contributed by atoms with van der Waals surface area (Å²) < 4.78 is 12.7. The second-order valence-corrected chi connectivity index (χ2v) is 7.95. The van der Waals surface area contributed by atoms with Gasteiger partial charge in [0.2, 0.25) is 0 Å². The van der Waals surface area contributed by atoms with Crippen LogP contribution in [0.2, 0.25) is 0 Å². The number of benzene rings is 1. The van der Waals surface area contributed by atoms with Crippen LogP contribution in [-0.4, -0.2) is 18.5 Å². The lowest BCUT2D eigenvalue weighted by molar-refractivity contribution is -0.305. The predicted molar refractivity (Wildman–Crippen MR) is 96.3 cm³/mol. The maximum Gasteiger partial charge on any atom is 0.163 e. The molecular formula is C21H32O2. The van der Waals surface area contributed by atoms with Crippen LogP contribution in [0, 0.1) is 17.3 Å². The fourth-order valence-corrected chi connectivity index (χ4v) is 3.22. The van der Waals surface area contributed by atoms with Gasteiger partial charge in [0, 0.05) is 17.3 Å². The van der Waals surface area contributed by atoms with E-state index >= 15 is 0 Å². The summed E-state index contributed by atoms with van der Waals surface area (Å²) in [6.07, 6.45) is 4.31. The summed E-state index contributed by atoms with van der Waals surface area (Å²) in [6, 6.07) is 10.6. The third-order valence-electron chi connectivity index (χ3n) is 4.84. The molecule has 2 rings (SSSR count). The van der Waals surface area contributed by atoms with Crippen LogP contribution in [0.3, 0.4) is 0 Å². The summed E-state index contributed by atoms with van der Waals surface area (Å²) in [5.74, 6) is 0.697. The van der Waals surface area contributed by atoms with E-state index in [9.17, 15) is 0 Å². The Hall–Kier alpha value is -1.12. The topological polar surface area (TPSA) is 18.5 Å². The minimum absolute atomic E-state index is 0.0235. The van der Waals surface area contributed by atoms with Gasteiger partial charge in [0.1, 0.15) is 0 Å². The average molecular weight is 316 g/mol. The molecule has 0 aromatic heterocycles. The molecule has 1 heterocycles. The third kappa shape index (κ3) is 4.68. The maximum absolute atomic E-state index is 6.35. The van der Waals surface area contributed by atoms with Crippen molar-refractivity contribution in [3.63, 3.8) is 0 Å². The summed E-state index contributed by atoms with van der Waals surface area (Å²) in [5, 5.41) is 0. The Bertz CT molecular complexity index is 488. The van der Waals surface area contributed by atoms with Crippen LogP contribution in [0.15, 0.2) is 43.0 Å². The van der Waals surface area contributed by atoms with E-state index in [-0.39, 0.29) is 23.9 Å². The molecule has 1 aromatic carbocycles. The summed E-state index contributed by atoms with van der Waals surface area (Å²) in [4.78, 5) is 0. The van der Waals surface area contributed by atoms with Crippen molar-refractivity contribution >= 4 is 0 Å². The molecule has 1 aliphatic heterocycles. The number of aryl methyl sites for hydroxylation is 1. The Morgan fingerprint density at radius 1 is 1.17 bits per heavy atom. The van der Waals surface area contributed by atoms with Gasteiger partial charge >= 0.3 is 0 Å². The zero-order valence-corrected chi connectivity index (χ0v) is 15.3. The molecule has 1 aliphatic rings. The van der Waals surface area contributed by atoms with Gasteiger partial charge in [-0.1, -0.05) is 71.0 Å². The molecule has 128 valence electrons. The summed E-state index contributed by atoms with van der Waals surface area (Å²) >= 11 is 0. The maximum atomic E-state index is 6.35. The van der Waals surface area contributed by atoms with Gasteiger partial charge in [-0.2, -0.15) is 0 Å². The molecule has 0 N–H and O–H groups in total. The molecule has 0 unspecified atom stereocenters. The second kappa shape index (κ2) is 7.63. The van der Waals surface area contributed by atoms with Crippen molar-refractivity contribution in [2.24, 2.45) is 17.3 Å². The summed E-state index contributed by atoms with van der Waals surface area (Å²) in [7, 11) is 0. The van der Waals surface area contributed by atoms with Crippen molar-refractivity contribution in [3.8, 4) is 0 Å². The van der Waals surface area contributed by atoms with Crippen LogP contribution in [0.5, 0.6) is 0 Å². The molecule has 1 saturated heterocycles. The van der Waals surface area contributed by atoms with Crippen molar-refractivity contribution in [2.45, 2.75) is 66.0 Å². The third-order valence-corrected chi connectivity index (χ3v) is 4.84. The van der Waals surface area contributed by atoms with Gasteiger partial charge in [-0.15, -0.1) is 6.58 Å². The predicted octanol–water partition coefficient (Wildman–Crippen LogP) is 5.23. The summed E-state index contributed by atoms with van der Waals surface area (Å²) in [5.41, 5.74) is 1.35. The fraction of sp³-hybridized carbons (Fsp3) is 0.619. The monoisotopic (exact) mass is 316 g/mol. The molecule has 0 amide bonds. The van der Waals surface area contributed by atoms with E-state index in [1.807, 2.05) is 6.08 Å². The quantitative estimate of drug-likeness (QED) is 0.692. The van der Waals surface area contributed by atoms with Crippen LogP contribution in [0.25, 0.3) is 0 Å². The lowest BCUT2D eigenvalue weighted by atomic mass is 9.84. The molecule has 1 aromatic rings. The molecule has 0 spiro atoms. The lowest BCUT2D eigenvalue weighted by Crippen LogP contribution is -2.51. The molecule has 2 heteroatoms. The Kier molecular flexibility index (Phi) is 6.05. The van der Waals surface area contributed by atoms with Gasteiger partial charge in [-0.25, -0.2) is 0 Å². The molecule has 2 nitrogen and oxygen atoms in total. The van der Waals surface area contributed by atoms with E-state index in [0.29, 0.717) is 11.8 Å². The van der Waals surface area contributed by atoms with Gasteiger partial charge < -0.3 is 9.47 Å². The molecule has 0 radical (unpaired) electrons. The first-order valence-electron chi connectivity index (χ1n) is 8.80. The van der Waals surface area contributed by atoms with Crippen LogP contribution in [-0.2, 0) is 15.9 Å². The van der Waals surface area contributed by atoms with Crippen molar-refractivity contribution in [3.05, 3.63) is 48.6 Å². The number of hydrogen-bond acceptors (Lipinski definition) is 2. The van der Waals surface area contributed by atoms with E-state index in [2.05, 4.69) is 71.5 Å². The SMILES string of the molecule is C=C[C@@H](C)[C@H]1O[C@H](C(C)(C)C)O[C@H](CCc2ccccc2)[C@H]1C. The van der Waals surface area contributed by atoms with Crippen LogP contribution in [0.1, 0.15) is 46.6 Å². The highest BCUT2D eigenvalue weighted by atomic mass is 16.7. The smallest absolute Gasteiger partial charge is 0.163 e. The molecule has 0 saturated carbocycles. The van der Waals surface area contributed by atoms with Crippen LogP contribution in [0.4, 0.5) is 0 Å². The first kappa shape index (κ1) is 18.2. The molecule has 23 heavy (non-hydrogen) atoms. The number of hydrogen-bond donors (Lipinski definition) is 0. The highest BCUT2D eigenvalue weighted by Crippen LogP contribution is 2.37. The zero-order valence-electron chi connectivity index (χ0n) is 15.3. The van der Waals surface area contributed by atoms with E-state index in [1.165, 1.54) is 5.56 Å². The van der Waals surface area contributed by atoms with E-state index in [4.69, 9.17) is 9.47 Å². The van der Waals surface area contributed by atoms with Crippen molar-refractivity contribution in [1.29, 1.82) is 0 Å². The Morgan fingerprint density at radius 3 is 2.39 bits per heavy atom. The first-order chi connectivity index (χ1) is 10.8. The van der Waals surface area contributed by atoms with Gasteiger partial charge in [0.25, 0.3) is 0 Å². The average Bonchev–Trinajstić information content (AvgIpc) is 2.53. The highest BCUT2D eigenvalue weighted by Gasteiger charge is 2.42. The van der Waals surface area contributed by atoms with Crippen LogP contribution >= 0.6 is 0 Å². The van der Waals surface area contributed by atoms with E-state index in [0.717, 1.165) is 12.8 Å². The molecule has 0 aliphatic carbocycles. The highest BCUT2D eigenvalue weighted by molar-refractivity contribution is 5.14. The lowest BCUT2D eigenvalue weighted by Gasteiger charge is -2.46. The standard InChI is InChI=1S/C21H32O2/c1-7-15(2)19-16(3)18(22-20(23-19)21(4,5)6)14-13-17-11-9-8-10-12-17/h7-12,15-16,18-20H,1,13-14H2,2-6H3/t15-,16-,18-,19-,20-/m1/s1. The van der Waals surface area contributed by atoms with Crippen molar-refractivity contribution in [1.82, 2.24) is 0 Å². The van der Waals surface area contributed by atoms with Crippen molar-refractivity contribution in [2.75, 3.05) is 0 Å². The molecule has 1 fully saturated rings. The minimum atomic E-state index is -0.160. The zero-order chi connectivity index (χ0) is 17.0. The number of rotatable bonds is 5. The molecule has 5 atom stereocenters. The second-order valence-electron chi connectivity index (χ2n) is 7.95. The Morgan fingerprint density at radius 2 is 1.83 bits per heavy atom. The van der Waals surface area contributed by atoms with Gasteiger partial charge in [-0.05, 0) is 18.4 Å². The first-order valence-corrected chi connectivity index (χ1v) is 8.80. The normalized spacial score (nSPS) is 30.0. The van der Waals surface area contributed by atoms with Gasteiger partial charge in [-0.3, -0.25) is 0 Å². The Labute approximate surface area is 141 Å².